The quantitative estimate of drug-likeness (QED) is 0.415. The Hall–Kier alpha value is -2.57. The minimum atomic E-state index is -0.860. The monoisotopic (exact) mass is 251 g/mol. The highest BCUT2D eigenvalue weighted by molar-refractivity contribution is 5.94. The summed E-state index contributed by atoms with van der Waals surface area (Å²) in [6.07, 6.45) is -0.860. The van der Waals surface area contributed by atoms with E-state index in [-0.39, 0.29) is 12.4 Å². The summed E-state index contributed by atoms with van der Waals surface area (Å²) in [5.41, 5.74) is 8.42. The third-order valence-corrected chi connectivity index (χ3v) is 1.91. The van der Waals surface area contributed by atoms with Crippen LogP contribution in [0.1, 0.15) is 18.1 Å². The summed E-state index contributed by atoms with van der Waals surface area (Å²) in [5.74, 6) is -0.673. The first-order valence-corrected chi connectivity index (χ1v) is 5.02. The molecule has 0 saturated carbocycles. The van der Waals surface area contributed by atoms with Gasteiger partial charge in [0.05, 0.1) is 0 Å². The van der Waals surface area contributed by atoms with Gasteiger partial charge in [-0.05, 0) is 5.56 Å². The zero-order chi connectivity index (χ0) is 13.5. The van der Waals surface area contributed by atoms with Gasteiger partial charge in [-0.25, -0.2) is 4.79 Å². The van der Waals surface area contributed by atoms with E-state index in [9.17, 15) is 9.59 Å². The molecule has 4 N–H and O–H groups in total. The molecule has 0 saturated heterocycles. The van der Waals surface area contributed by atoms with Gasteiger partial charge in [0, 0.05) is 12.5 Å². The van der Waals surface area contributed by atoms with E-state index in [4.69, 9.17) is 15.9 Å². The lowest BCUT2D eigenvalue weighted by Gasteiger charge is -2.06. The minimum Gasteiger partial charge on any atom is -0.443 e. The fourth-order valence-corrected chi connectivity index (χ4v) is 1.07. The van der Waals surface area contributed by atoms with Crippen LogP contribution in [0.2, 0.25) is 0 Å². The van der Waals surface area contributed by atoms with Crippen molar-refractivity contribution in [3.8, 4) is 0 Å². The highest BCUT2D eigenvalue weighted by Crippen LogP contribution is 2.05. The molecule has 7 heteroatoms. The number of hydrogen-bond acceptors (Lipinski definition) is 5. The van der Waals surface area contributed by atoms with Crippen molar-refractivity contribution in [2.45, 2.75) is 13.5 Å². The molecule has 1 amide bonds. The molecular weight excluding hydrogens is 238 g/mol. The number of carbonyl (C=O) groups is 2. The Bertz CT molecular complexity index is 456. The molecule has 0 fully saturated rings. The number of nitrogen functional groups attached to an aromatic ring is 1. The number of hydrogen-bond donors (Lipinski definition) is 3. The molecule has 0 unspecified atom stereocenters. The van der Waals surface area contributed by atoms with Gasteiger partial charge in [0.1, 0.15) is 12.4 Å². The Morgan fingerprint density at radius 1 is 1.33 bits per heavy atom. The van der Waals surface area contributed by atoms with E-state index in [0.29, 0.717) is 5.56 Å². The molecule has 1 aromatic rings. The normalized spacial score (nSPS) is 9.39. The number of nitrogens with one attached hydrogen (secondary N) is 2. The number of ether oxygens (including phenoxy) is 1. The van der Waals surface area contributed by atoms with Gasteiger partial charge < -0.3 is 15.3 Å². The summed E-state index contributed by atoms with van der Waals surface area (Å²) in [6.45, 7) is 1.17. The summed E-state index contributed by atoms with van der Waals surface area (Å²) in [6, 6.07) is 6.64. The molecule has 0 heterocycles. The number of benzene rings is 1. The van der Waals surface area contributed by atoms with Crippen LogP contribution in [0.25, 0.3) is 0 Å². The fourth-order valence-electron chi connectivity index (χ4n) is 1.07. The van der Waals surface area contributed by atoms with Crippen LogP contribution in [0.5, 0.6) is 0 Å². The van der Waals surface area contributed by atoms with Gasteiger partial charge in [-0.2, -0.15) is 0 Å². The predicted octanol–water partition coefficient (Wildman–Crippen LogP) is 0.675. The van der Waals surface area contributed by atoms with Crippen LogP contribution in [0.3, 0.4) is 0 Å². The van der Waals surface area contributed by atoms with Gasteiger partial charge in [-0.15, -0.1) is 5.48 Å². The molecule has 0 radical (unpaired) electrons. The standard InChI is InChI=1S/C11H13N3O4/c1-7(15)18-14-11(16)17-6-8-2-4-9(5-3-8)10(12)13/h2-5H,6H2,1H3,(H3,12,13)(H,14,16). The van der Waals surface area contributed by atoms with Gasteiger partial charge >= 0.3 is 12.1 Å². The first-order chi connectivity index (χ1) is 8.49. The first-order valence-electron chi connectivity index (χ1n) is 5.02. The number of hydroxylamine groups is 1. The number of carbonyl (C=O) groups excluding carboxylic acids is 2. The average molecular weight is 251 g/mol. The molecule has 0 aliphatic rings. The van der Waals surface area contributed by atoms with Crippen molar-refractivity contribution >= 4 is 17.9 Å². The van der Waals surface area contributed by atoms with Crippen LogP contribution in [-0.4, -0.2) is 17.9 Å². The van der Waals surface area contributed by atoms with Gasteiger partial charge in [0.25, 0.3) is 0 Å². The molecule has 0 spiro atoms. The molecule has 1 aromatic carbocycles. The van der Waals surface area contributed by atoms with Gasteiger partial charge in [0.2, 0.25) is 0 Å². The Morgan fingerprint density at radius 2 is 1.94 bits per heavy atom. The van der Waals surface area contributed by atoms with Crippen molar-refractivity contribution in [1.29, 1.82) is 5.41 Å². The lowest BCUT2D eigenvalue weighted by Crippen LogP contribution is -2.26. The fraction of sp³-hybridized carbons (Fsp3) is 0.182. The van der Waals surface area contributed by atoms with Crippen LogP contribution in [0.15, 0.2) is 24.3 Å². The topological polar surface area (TPSA) is 114 Å². The summed E-state index contributed by atoms with van der Waals surface area (Å²) in [5, 5.41) is 7.20. The van der Waals surface area contributed by atoms with E-state index >= 15 is 0 Å². The number of rotatable bonds is 3. The second-order valence-electron chi connectivity index (χ2n) is 3.38. The molecule has 1 rings (SSSR count). The van der Waals surface area contributed by atoms with Crippen molar-refractivity contribution in [2.24, 2.45) is 5.73 Å². The predicted molar refractivity (Wildman–Crippen MR) is 62.5 cm³/mol. The molecule has 0 aliphatic heterocycles. The SMILES string of the molecule is CC(=O)ONC(=O)OCc1ccc(C(=N)N)cc1. The summed E-state index contributed by atoms with van der Waals surface area (Å²) in [7, 11) is 0. The van der Waals surface area contributed by atoms with Crippen molar-refractivity contribution in [2.75, 3.05) is 0 Å². The van der Waals surface area contributed by atoms with Crippen molar-refractivity contribution < 1.29 is 19.2 Å². The van der Waals surface area contributed by atoms with Gasteiger partial charge in [-0.1, -0.05) is 24.3 Å². The van der Waals surface area contributed by atoms with Gasteiger partial charge in [0.15, 0.2) is 0 Å². The molecule has 0 aromatic heterocycles. The number of nitrogens with two attached hydrogens (primary N) is 1. The summed E-state index contributed by atoms with van der Waals surface area (Å²) < 4.78 is 4.77. The first kappa shape index (κ1) is 13.5. The van der Waals surface area contributed by atoms with Crippen LogP contribution in [0.4, 0.5) is 4.79 Å². The third-order valence-electron chi connectivity index (χ3n) is 1.91. The molecule has 7 nitrogen and oxygen atoms in total. The average Bonchev–Trinajstić information content (AvgIpc) is 2.34. The van der Waals surface area contributed by atoms with Gasteiger partial charge in [-0.3, -0.25) is 10.2 Å². The summed E-state index contributed by atoms with van der Waals surface area (Å²) >= 11 is 0. The van der Waals surface area contributed by atoms with Crippen molar-refractivity contribution in [3.63, 3.8) is 0 Å². The van der Waals surface area contributed by atoms with E-state index in [2.05, 4.69) is 4.84 Å². The van der Waals surface area contributed by atoms with E-state index in [1.165, 1.54) is 0 Å². The lowest BCUT2D eigenvalue weighted by atomic mass is 10.1. The third kappa shape index (κ3) is 4.52. The molecule has 18 heavy (non-hydrogen) atoms. The highest BCUT2D eigenvalue weighted by Gasteiger charge is 2.04. The zero-order valence-corrected chi connectivity index (χ0v) is 9.73. The molecule has 96 valence electrons. The van der Waals surface area contributed by atoms with Crippen molar-refractivity contribution in [3.05, 3.63) is 35.4 Å². The largest absolute Gasteiger partial charge is 0.443 e. The summed E-state index contributed by atoms with van der Waals surface area (Å²) in [4.78, 5) is 25.7. The van der Waals surface area contributed by atoms with E-state index < -0.39 is 12.1 Å². The van der Waals surface area contributed by atoms with Crippen LogP contribution in [-0.2, 0) is 21.0 Å². The van der Waals surface area contributed by atoms with E-state index in [1.54, 1.807) is 24.3 Å². The molecule has 0 aliphatic carbocycles. The maximum atomic E-state index is 11.0. The maximum absolute atomic E-state index is 11.0. The Morgan fingerprint density at radius 3 is 2.44 bits per heavy atom. The zero-order valence-electron chi connectivity index (χ0n) is 9.73. The maximum Gasteiger partial charge on any atom is 0.441 e. The Balaban J connectivity index is 2.41. The van der Waals surface area contributed by atoms with Crippen molar-refractivity contribution in [1.82, 2.24) is 5.48 Å². The number of amides is 1. The highest BCUT2D eigenvalue weighted by atomic mass is 16.7. The molecule has 0 bridgehead atoms. The van der Waals surface area contributed by atoms with E-state index in [0.717, 1.165) is 12.5 Å². The Kier molecular flexibility index (Phi) is 4.67. The van der Waals surface area contributed by atoms with Crippen LogP contribution < -0.4 is 11.2 Å². The minimum absolute atomic E-state index is 0.0191. The Labute approximate surface area is 103 Å². The van der Waals surface area contributed by atoms with Crippen LogP contribution in [0, 0.1) is 5.41 Å². The molecular formula is C11H13N3O4. The second kappa shape index (κ2) is 6.24. The lowest BCUT2D eigenvalue weighted by molar-refractivity contribution is -0.147. The number of amidine groups is 1. The molecule has 0 atom stereocenters. The smallest absolute Gasteiger partial charge is 0.441 e. The second-order valence-corrected chi connectivity index (χ2v) is 3.38. The van der Waals surface area contributed by atoms with E-state index in [1.807, 2.05) is 5.48 Å². The van der Waals surface area contributed by atoms with Crippen LogP contribution >= 0.6 is 0 Å².